The van der Waals surface area contributed by atoms with Crippen molar-refractivity contribution in [2.45, 2.75) is 31.2 Å². The number of aromatic nitrogens is 5. The van der Waals surface area contributed by atoms with Crippen molar-refractivity contribution in [1.29, 1.82) is 0 Å². The van der Waals surface area contributed by atoms with E-state index in [4.69, 9.17) is 11.6 Å². The Hall–Kier alpha value is -3.10. The molecule has 0 aliphatic carbocycles. The van der Waals surface area contributed by atoms with Crippen molar-refractivity contribution in [3.63, 3.8) is 0 Å². The van der Waals surface area contributed by atoms with Crippen LogP contribution < -0.4 is 11.2 Å². The number of rotatable bonds is 6. The summed E-state index contributed by atoms with van der Waals surface area (Å²) in [7, 11) is 0. The summed E-state index contributed by atoms with van der Waals surface area (Å²) in [5, 5.41) is 10.2. The molecule has 2 N–H and O–H groups in total. The third kappa shape index (κ3) is 4.98. The Kier molecular flexibility index (Phi) is 6.11. The lowest BCUT2D eigenvalue weighted by Gasteiger charge is -2.14. The molecule has 0 aliphatic rings. The van der Waals surface area contributed by atoms with Crippen LogP contribution in [0.25, 0.3) is 5.69 Å². The third-order valence-corrected chi connectivity index (χ3v) is 6.00. The molecule has 0 spiro atoms. The molecule has 0 saturated heterocycles. The van der Waals surface area contributed by atoms with Crippen molar-refractivity contribution >= 4 is 23.4 Å². The smallest absolute Gasteiger partial charge is 0.311 e. The Bertz CT molecular complexity index is 1310. The first-order chi connectivity index (χ1) is 14.9. The zero-order valence-corrected chi connectivity index (χ0v) is 18.5. The maximum absolute atomic E-state index is 11.7. The van der Waals surface area contributed by atoms with Crippen LogP contribution in [0.1, 0.15) is 28.2 Å². The Morgan fingerprint density at radius 2 is 1.77 bits per heavy atom. The third-order valence-electron chi connectivity index (χ3n) is 4.75. The minimum absolute atomic E-state index is 0.265. The van der Waals surface area contributed by atoms with Gasteiger partial charge in [-0.05, 0) is 48.7 Å². The molecule has 31 heavy (non-hydrogen) atoms. The molecular weight excluding hydrogens is 434 g/mol. The molecule has 2 heterocycles. The number of hydrogen-bond donors (Lipinski definition) is 2. The molecule has 2 aromatic carbocycles. The maximum atomic E-state index is 11.7. The lowest BCUT2D eigenvalue weighted by atomic mass is 10.1. The molecule has 0 atom stereocenters. The van der Waals surface area contributed by atoms with E-state index >= 15 is 0 Å². The van der Waals surface area contributed by atoms with Gasteiger partial charge < -0.3 is 4.98 Å². The van der Waals surface area contributed by atoms with Gasteiger partial charge in [0.15, 0.2) is 5.16 Å². The van der Waals surface area contributed by atoms with Crippen LogP contribution in [0.2, 0.25) is 5.02 Å². The van der Waals surface area contributed by atoms with E-state index in [1.807, 2.05) is 42.7 Å². The lowest BCUT2D eigenvalue weighted by molar-refractivity contribution is 0.823. The molecule has 4 aromatic rings. The van der Waals surface area contributed by atoms with Crippen LogP contribution in [0.15, 0.2) is 63.3 Å². The number of aromatic amines is 2. The van der Waals surface area contributed by atoms with Gasteiger partial charge in [0.25, 0.3) is 5.56 Å². The van der Waals surface area contributed by atoms with Gasteiger partial charge in [-0.2, -0.15) is 0 Å². The Balaban J connectivity index is 1.74. The van der Waals surface area contributed by atoms with Crippen LogP contribution >= 0.6 is 23.4 Å². The fraction of sp³-hybridized carbons (Fsp3) is 0.182. The summed E-state index contributed by atoms with van der Waals surface area (Å²) in [5.74, 6) is 1.33. The molecule has 158 valence electrons. The van der Waals surface area contributed by atoms with E-state index in [9.17, 15) is 9.59 Å². The molecule has 0 radical (unpaired) electrons. The second kappa shape index (κ2) is 8.95. The van der Waals surface area contributed by atoms with Gasteiger partial charge in [0.1, 0.15) is 5.82 Å². The van der Waals surface area contributed by atoms with Crippen LogP contribution in [-0.2, 0) is 12.2 Å². The Labute approximate surface area is 187 Å². The number of nitrogens with zero attached hydrogens (tertiary/aromatic N) is 3. The Morgan fingerprint density at radius 1 is 1.00 bits per heavy atom. The van der Waals surface area contributed by atoms with E-state index in [1.54, 1.807) is 11.8 Å². The second-order valence-corrected chi connectivity index (χ2v) is 8.61. The zero-order valence-electron chi connectivity index (χ0n) is 17.0. The summed E-state index contributed by atoms with van der Waals surface area (Å²) in [4.78, 5) is 28.2. The largest absolute Gasteiger partial charge is 0.325 e. The summed E-state index contributed by atoms with van der Waals surface area (Å²) in [6.45, 7) is 4.06. The summed E-state index contributed by atoms with van der Waals surface area (Å²) in [6.07, 6.45) is 0.265. The van der Waals surface area contributed by atoms with E-state index in [2.05, 4.69) is 38.4 Å². The number of hydrogen-bond acceptors (Lipinski definition) is 5. The van der Waals surface area contributed by atoms with Crippen molar-refractivity contribution in [2.75, 3.05) is 0 Å². The Morgan fingerprint density at radius 3 is 2.52 bits per heavy atom. The van der Waals surface area contributed by atoms with Gasteiger partial charge in [0.2, 0.25) is 0 Å². The normalized spacial score (nSPS) is 11.1. The molecule has 2 aromatic heterocycles. The van der Waals surface area contributed by atoms with E-state index in [1.165, 1.54) is 6.07 Å². The predicted octanol–water partition coefficient (Wildman–Crippen LogP) is 3.80. The standard InChI is InChI=1S/C22H20ClN5O2S/c1-13-3-4-14(2)18(9-13)28-19(10-17-11-20(29)25-21(30)24-17)26-27-22(28)31-12-15-5-7-16(23)8-6-15/h3-9,11H,10,12H2,1-2H3,(H2,24,25,29,30). The molecule has 9 heteroatoms. The molecule has 0 bridgehead atoms. The first-order valence-corrected chi connectivity index (χ1v) is 11.0. The minimum Gasteiger partial charge on any atom is -0.311 e. The summed E-state index contributed by atoms with van der Waals surface area (Å²) in [6, 6.07) is 15.2. The highest BCUT2D eigenvalue weighted by Gasteiger charge is 2.17. The number of benzene rings is 2. The van der Waals surface area contributed by atoms with Gasteiger partial charge in [-0.1, -0.05) is 47.6 Å². The monoisotopic (exact) mass is 453 g/mol. The van der Waals surface area contributed by atoms with Gasteiger partial charge in [-0.3, -0.25) is 14.3 Å². The predicted molar refractivity (Wildman–Crippen MR) is 122 cm³/mol. The van der Waals surface area contributed by atoms with Crippen LogP contribution in [0, 0.1) is 13.8 Å². The number of halogens is 1. The molecule has 0 unspecified atom stereocenters. The molecule has 0 fully saturated rings. The lowest BCUT2D eigenvalue weighted by Crippen LogP contribution is -2.23. The fourth-order valence-corrected chi connectivity index (χ4v) is 4.27. The number of H-pyrrole nitrogens is 2. The van der Waals surface area contributed by atoms with Crippen LogP contribution in [0.3, 0.4) is 0 Å². The van der Waals surface area contributed by atoms with Gasteiger partial charge in [-0.25, -0.2) is 4.79 Å². The minimum atomic E-state index is -0.544. The van der Waals surface area contributed by atoms with E-state index < -0.39 is 11.2 Å². The van der Waals surface area contributed by atoms with E-state index in [0.29, 0.717) is 22.3 Å². The number of thioether (sulfide) groups is 1. The highest BCUT2D eigenvalue weighted by molar-refractivity contribution is 7.98. The second-order valence-electron chi connectivity index (χ2n) is 7.23. The van der Waals surface area contributed by atoms with Gasteiger partial charge in [-0.15, -0.1) is 10.2 Å². The first-order valence-electron chi connectivity index (χ1n) is 9.61. The highest BCUT2D eigenvalue weighted by Crippen LogP contribution is 2.28. The van der Waals surface area contributed by atoms with Crippen LogP contribution in [-0.4, -0.2) is 24.7 Å². The molecular formula is C22H20ClN5O2S. The van der Waals surface area contributed by atoms with Crippen molar-refractivity contribution in [3.8, 4) is 5.69 Å². The van der Waals surface area contributed by atoms with Crippen molar-refractivity contribution in [1.82, 2.24) is 24.7 Å². The molecule has 0 saturated carbocycles. The topological polar surface area (TPSA) is 96.4 Å². The summed E-state index contributed by atoms with van der Waals surface area (Å²) < 4.78 is 1.99. The van der Waals surface area contributed by atoms with Crippen molar-refractivity contribution in [3.05, 3.63) is 103 Å². The van der Waals surface area contributed by atoms with Crippen molar-refractivity contribution in [2.24, 2.45) is 0 Å². The van der Waals surface area contributed by atoms with Crippen LogP contribution in [0.4, 0.5) is 0 Å². The number of nitrogens with one attached hydrogen (secondary N) is 2. The summed E-state index contributed by atoms with van der Waals surface area (Å²) >= 11 is 7.55. The number of aryl methyl sites for hydroxylation is 2. The average molecular weight is 454 g/mol. The molecule has 0 amide bonds. The average Bonchev–Trinajstić information content (AvgIpc) is 3.11. The summed E-state index contributed by atoms with van der Waals surface area (Å²) in [5.41, 5.74) is 3.74. The van der Waals surface area contributed by atoms with Crippen molar-refractivity contribution < 1.29 is 0 Å². The zero-order chi connectivity index (χ0) is 22.0. The van der Waals surface area contributed by atoms with E-state index in [-0.39, 0.29) is 6.42 Å². The SMILES string of the molecule is Cc1ccc(C)c(-n2c(Cc3cc(=O)[nH]c(=O)[nH]3)nnc2SCc2ccc(Cl)cc2)c1. The quantitative estimate of drug-likeness (QED) is 0.433. The highest BCUT2D eigenvalue weighted by atomic mass is 35.5. The van der Waals surface area contributed by atoms with Gasteiger partial charge in [0.05, 0.1) is 5.69 Å². The molecule has 7 nitrogen and oxygen atoms in total. The molecule has 4 rings (SSSR count). The first kappa shape index (κ1) is 21.1. The van der Waals surface area contributed by atoms with Gasteiger partial charge >= 0.3 is 5.69 Å². The fourth-order valence-electron chi connectivity index (χ4n) is 3.22. The van der Waals surface area contributed by atoms with Gasteiger partial charge in [0, 0.05) is 29.0 Å². The van der Waals surface area contributed by atoms with Crippen LogP contribution in [0.5, 0.6) is 0 Å². The molecule has 0 aliphatic heterocycles. The maximum Gasteiger partial charge on any atom is 0.325 e. The van der Waals surface area contributed by atoms with E-state index in [0.717, 1.165) is 27.5 Å².